The summed E-state index contributed by atoms with van der Waals surface area (Å²) in [5, 5.41) is 0. The maximum atomic E-state index is 5.98. The van der Waals surface area contributed by atoms with Gasteiger partial charge in [-0.2, -0.15) is 0 Å². The van der Waals surface area contributed by atoms with Gasteiger partial charge in [-0.3, -0.25) is 0 Å². The Balaban J connectivity index is 1.79. The van der Waals surface area contributed by atoms with E-state index in [1.165, 1.54) is 5.56 Å². The second-order valence-corrected chi connectivity index (χ2v) is 6.34. The van der Waals surface area contributed by atoms with Crippen molar-refractivity contribution < 1.29 is 14.2 Å². The third-order valence-electron chi connectivity index (χ3n) is 3.55. The fraction of sp³-hybridized carbons (Fsp3) is 0.333. The lowest BCUT2D eigenvalue weighted by atomic mass is 10.2. The minimum absolute atomic E-state index is 0.185. The highest BCUT2D eigenvalue weighted by Gasteiger charge is 2.18. The van der Waals surface area contributed by atoms with Crippen molar-refractivity contribution in [2.45, 2.75) is 32.5 Å². The average molecular weight is 363 g/mol. The Bertz CT molecular complexity index is 619. The van der Waals surface area contributed by atoms with Gasteiger partial charge in [0.05, 0.1) is 6.61 Å². The third kappa shape index (κ3) is 4.02. The molecule has 3 rings (SSSR count). The van der Waals surface area contributed by atoms with Crippen molar-refractivity contribution in [2.24, 2.45) is 0 Å². The van der Waals surface area contributed by atoms with E-state index in [1.54, 1.807) is 0 Å². The second kappa shape index (κ2) is 7.16. The molecule has 116 valence electrons. The van der Waals surface area contributed by atoms with Gasteiger partial charge < -0.3 is 14.2 Å². The highest BCUT2D eigenvalue weighted by Crippen LogP contribution is 2.35. The molecule has 1 unspecified atom stereocenters. The van der Waals surface area contributed by atoms with Gasteiger partial charge in [-0.05, 0) is 50.1 Å². The van der Waals surface area contributed by atoms with E-state index in [0.29, 0.717) is 11.5 Å². The van der Waals surface area contributed by atoms with Crippen molar-refractivity contribution >= 4 is 15.9 Å². The summed E-state index contributed by atoms with van der Waals surface area (Å²) in [7, 11) is 0. The van der Waals surface area contributed by atoms with Gasteiger partial charge in [-0.15, -0.1) is 0 Å². The molecule has 1 fully saturated rings. The zero-order valence-electron chi connectivity index (χ0n) is 12.5. The molecule has 2 aromatic carbocycles. The lowest BCUT2D eigenvalue weighted by molar-refractivity contribution is -0.106. The molecule has 0 aromatic heterocycles. The van der Waals surface area contributed by atoms with Crippen LogP contribution in [0.15, 0.2) is 46.9 Å². The Morgan fingerprint density at radius 3 is 2.59 bits per heavy atom. The summed E-state index contributed by atoms with van der Waals surface area (Å²) in [6.45, 7) is 2.81. The highest BCUT2D eigenvalue weighted by atomic mass is 79.9. The molecule has 1 aliphatic rings. The minimum Gasteiger partial charge on any atom is -0.461 e. The van der Waals surface area contributed by atoms with E-state index in [-0.39, 0.29) is 6.29 Å². The van der Waals surface area contributed by atoms with E-state index < -0.39 is 0 Å². The van der Waals surface area contributed by atoms with Crippen LogP contribution in [0.2, 0.25) is 0 Å². The minimum atomic E-state index is -0.185. The summed E-state index contributed by atoms with van der Waals surface area (Å²) >= 11 is 3.48. The quantitative estimate of drug-likeness (QED) is 0.722. The Morgan fingerprint density at radius 2 is 1.86 bits per heavy atom. The summed E-state index contributed by atoms with van der Waals surface area (Å²) in [5.41, 5.74) is 1.20. The van der Waals surface area contributed by atoms with Crippen molar-refractivity contribution in [1.29, 1.82) is 0 Å². The lowest BCUT2D eigenvalue weighted by Crippen LogP contribution is -2.25. The van der Waals surface area contributed by atoms with E-state index in [9.17, 15) is 0 Å². The van der Waals surface area contributed by atoms with Gasteiger partial charge in [0.15, 0.2) is 17.8 Å². The average Bonchev–Trinajstić information content (AvgIpc) is 2.53. The first kappa shape index (κ1) is 15.4. The van der Waals surface area contributed by atoms with Crippen molar-refractivity contribution in [2.75, 3.05) is 6.61 Å². The molecule has 1 saturated heterocycles. The fourth-order valence-electron chi connectivity index (χ4n) is 2.34. The molecule has 0 N–H and O–H groups in total. The number of ether oxygens (including phenoxy) is 3. The largest absolute Gasteiger partial charge is 0.461 e. The van der Waals surface area contributed by atoms with Gasteiger partial charge in [0, 0.05) is 10.9 Å². The van der Waals surface area contributed by atoms with E-state index in [2.05, 4.69) is 22.9 Å². The number of aryl methyl sites for hydroxylation is 1. The fourth-order valence-corrected chi connectivity index (χ4v) is 2.68. The van der Waals surface area contributed by atoms with Crippen molar-refractivity contribution in [3.05, 3.63) is 52.5 Å². The Kier molecular flexibility index (Phi) is 5.01. The number of halogens is 1. The molecule has 0 amide bonds. The third-order valence-corrected chi connectivity index (χ3v) is 4.04. The van der Waals surface area contributed by atoms with Crippen molar-refractivity contribution in [1.82, 2.24) is 0 Å². The van der Waals surface area contributed by atoms with Crippen LogP contribution in [-0.2, 0) is 4.74 Å². The SMILES string of the molecule is Cc1ccc(Oc2cc(Br)ccc2OC2CCCCO2)cc1. The molecule has 0 radical (unpaired) electrons. The van der Waals surface area contributed by atoms with Crippen molar-refractivity contribution in [3.63, 3.8) is 0 Å². The molecule has 1 atom stereocenters. The second-order valence-electron chi connectivity index (χ2n) is 5.42. The molecule has 1 aliphatic heterocycles. The Morgan fingerprint density at radius 1 is 1.05 bits per heavy atom. The zero-order valence-corrected chi connectivity index (χ0v) is 14.1. The maximum absolute atomic E-state index is 5.98. The van der Waals surface area contributed by atoms with Crippen LogP contribution in [-0.4, -0.2) is 12.9 Å². The van der Waals surface area contributed by atoms with Crippen LogP contribution in [0.25, 0.3) is 0 Å². The van der Waals surface area contributed by atoms with E-state index in [1.807, 2.05) is 42.5 Å². The summed E-state index contributed by atoms with van der Waals surface area (Å²) in [4.78, 5) is 0. The van der Waals surface area contributed by atoms with E-state index in [4.69, 9.17) is 14.2 Å². The summed E-state index contributed by atoms with van der Waals surface area (Å²) in [5.74, 6) is 2.18. The molecular weight excluding hydrogens is 344 g/mol. The van der Waals surface area contributed by atoms with Crippen LogP contribution in [0.1, 0.15) is 24.8 Å². The molecular formula is C18H19BrO3. The van der Waals surface area contributed by atoms with Crippen LogP contribution >= 0.6 is 15.9 Å². The first-order chi connectivity index (χ1) is 10.7. The van der Waals surface area contributed by atoms with Gasteiger partial charge >= 0.3 is 0 Å². The monoisotopic (exact) mass is 362 g/mol. The van der Waals surface area contributed by atoms with E-state index >= 15 is 0 Å². The lowest BCUT2D eigenvalue weighted by Gasteiger charge is -2.24. The van der Waals surface area contributed by atoms with Gasteiger partial charge in [-0.1, -0.05) is 33.6 Å². The molecule has 1 heterocycles. The van der Waals surface area contributed by atoms with Crippen LogP contribution in [0.5, 0.6) is 17.2 Å². The van der Waals surface area contributed by atoms with Gasteiger partial charge in [-0.25, -0.2) is 0 Å². The normalized spacial score (nSPS) is 18.0. The molecule has 0 spiro atoms. The van der Waals surface area contributed by atoms with Gasteiger partial charge in [0.25, 0.3) is 0 Å². The summed E-state index contributed by atoms with van der Waals surface area (Å²) in [6.07, 6.45) is 2.97. The molecule has 4 heteroatoms. The summed E-state index contributed by atoms with van der Waals surface area (Å²) < 4.78 is 18.5. The number of hydrogen-bond acceptors (Lipinski definition) is 3. The predicted octanol–water partition coefficient (Wildman–Crippen LogP) is 5.46. The molecule has 22 heavy (non-hydrogen) atoms. The number of benzene rings is 2. The standard InChI is InChI=1S/C18H19BrO3/c1-13-5-8-15(9-6-13)21-17-12-14(19)7-10-16(17)22-18-4-2-3-11-20-18/h5-10,12,18H,2-4,11H2,1H3. The first-order valence-corrected chi connectivity index (χ1v) is 8.32. The Hall–Kier alpha value is -1.52. The highest BCUT2D eigenvalue weighted by molar-refractivity contribution is 9.10. The first-order valence-electron chi connectivity index (χ1n) is 7.53. The molecule has 0 bridgehead atoms. The van der Waals surface area contributed by atoms with Crippen LogP contribution < -0.4 is 9.47 Å². The molecule has 0 saturated carbocycles. The smallest absolute Gasteiger partial charge is 0.200 e. The van der Waals surface area contributed by atoms with Crippen LogP contribution in [0.3, 0.4) is 0 Å². The topological polar surface area (TPSA) is 27.7 Å². The zero-order chi connectivity index (χ0) is 15.4. The predicted molar refractivity (Wildman–Crippen MR) is 89.6 cm³/mol. The Labute approximate surface area is 139 Å². The number of hydrogen-bond donors (Lipinski definition) is 0. The van der Waals surface area contributed by atoms with Gasteiger partial charge in [0.2, 0.25) is 0 Å². The molecule has 0 aliphatic carbocycles. The van der Waals surface area contributed by atoms with Crippen molar-refractivity contribution in [3.8, 4) is 17.2 Å². The summed E-state index contributed by atoms with van der Waals surface area (Å²) in [6, 6.07) is 13.7. The maximum Gasteiger partial charge on any atom is 0.200 e. The van der Waals surface area contributed by atoms with Crippen LogP contribution in [0, 0.1) is 6.92 Å². The number of rotatable bonds is 4. The molecule has 3 nitrogen and oxygen atoms in total. The molecule has 2 aromatic rings. The van der Waals surface area contributed by atoms with Gasteiger partial charge in [0.1, 0.15) is 5.75 Å². The van der Waals surface area contributed by atoms with Crippen LogP contribution in [0.4, 0.5) is 0 Å². The van der Waals surface area contributed by atoms with E-state index in [0.717, 1.165) is 36.1 Å².